The quantitative estimate of drug-likeness (QED) is 0.805. The van der Waals surface area contributed by atoms with Crippen LogP contribution in [-0.2, 0) is 9.59 Å². The summed E-state index contributed by atoms with van der Waals surface area (Å²) in [7, 11) is 0. The number of carbonyl (C=O) groups excluding carboxylic acids is 2. The summed E-state index contributed by atoms with van der Waals surface area (Å²) in [4.78, 5) is 24.0. The fourth-order valence-electron chi connectivity index (χ4n) is 2.38. The molecule has 4 nitrogen and oxygen atoms in total. The topological polar surface area (TPSA) is 58.2 Å². The Bertz CT molecular complexity index is 583. The van der Waals surface area contributed by atoms with Gasteiger partial charge in [-0.1, -0.05) is 60.7 Å². The van der Waals surface area contributed by atoms with E-state index >= 15 is 0 Å². The summed E-state index contributed by atoms with van der Waals surface area (Å²) in [5.74, 6) is -0.557. The summed E-state index contributed by atoms with van der Waals surface area (Å²) in [6.07, 6.45) is -0.172. The summed E-state index contributed by atoms with van der Waals surface area (Å²) < 4.78 is 0. The second kappa shape index (κ2) is 8.13. The van der Waals surface area contributed by atoms with Crippen LogP contribution in [0.5, 0.6) is 0 Å². The highest BCUT2D eigenvalue weighted by Gasteiger charge is 2.15. The molecule has 2 rings (SSSR count). The molecule has 0 radical (unpaired) electrons. The molecule has 0 fully saturated rings. The first-order valence-corrected chi connectivity index (χ1v) is 7.75. The third-order valence-corrected chi connectivity index (χ3v) is 3.68. The molecule has 0 aliphatic rings. The Hall–Kier alpha value is -2.62. The highest BCUT2D eigenvalue weighted by atomic mass is 16.2. The molecule has 0 aliphatic carbocycles. The number of rotatable bonds is 6. The minimum atomic E-state index is -0.279. The molecule has 0 saturated carbocycles. The van der Waals surface area contributed by atoms with Gasteiger partial charge in [0.2, 0.25) is 11.8 Å². The normalized spacial score (nSPS) is 13.0. The number of hydrogen-bond donors (Lipinski definition) is 2. The molecule has 0 aliphatic heterocycles. The molecule has 0 aromatic heterocycles. The second-order valence-corrected chi connectivity index (χ2v) is 5.58. The molecule has 0 bridgehead atoms. The minimum Gasteiger partial charge on any atom is -0.349 e. The molecule has 0 heterocycles. The second-order valence-electron chi connectivity index (χ2n) is 5.58. The molecule has 120 valence electrons. The highest BCUT2D eigenvalue weighted by molar-refractivity contribution is 5.97. The van der Waals surface area contributed by atoms with E-state index in [0.717, 1.165) is 11.1 Å². The molecule has 2 amide bonds. The fourth-order valence-corrected chi connectivity index (χ4v) is 2.38. The lowest BCUT2D eigenvalue weighted by Crippen LogP contribution is -2.34. The summed E-state index contributed by atoms with van der Waals surface area (Å²) >= 11 is 0. The zero-order valence-corrected chi connectivity index (χ0v) is 13.5. The Morgan fingerprint density at radius 2 is 1.09 bits per heavy atom. The maximum atomic E-state index is 12.0. The van der Waals surface area contributed by atoms with Gasteiger partial charge in [-0.05, 0) is 25.0 Å². The zero-order chi connectivity index (χ0) is 16.7. The summed E-state index contributed by atoms with van der Waals surface area (Å²) in [5.41, 5.74) is 2.03. The standard InChI is InChI=1S/C19H22N2O2/c1-14(16-9-5-3-6-10-16)20-18(22)13-19(23)21-15(2)17-11-7-4-8-12-17/h3-12,14-15H,13H2,1-2H3,(H,20,22)(H,21,23). The number of carbonyl (C=O) groups is 2. The molecule has 0 saturated heterocycles. The molecular formula is C19H22N2O2. The van der Waals surface area contributed by atoms with Crippen molar-refractivity contribution < 1.29 is 9.59 Å². The molecule has 2 atom stereocenters. The monoisotopic (exact) mass is 310 g/mol. The van der Waals surface area contributed by atoms with Crippen LogP contribution >= 0.6 is 0 Å². The number of benzene rings is 2. The van der Waals surface area contributed by atoms with Crippen molar-refractivity contribution >= 4 is 11.8 Å². The Morgan fingerprint density at radius 3 is 1.43 bits per heavy atom. The smallest absolute Gasteiger partial charge is 0.229 e. The van der Waals surface area contributed by atoms with E-state index in [4.69, 9.17) is 0 Å². The lowest BCUT2D eigenvalue weighted by molar-refractivity contribution is -0.129. The average Bonchev–Trinajstić information content (AvgIpc) is 2.56. The lowest BCUT2D eigenvalue weighted by atomic mass is 10.1. The largest absolute Gasteiger partial charge is 0.349 e. The van der Waals surface area contributed by atoms with E-state index in [1.807, 2.05) is 74.5 Å². The van der Waals surface area contributed by atoms with Crippen molar-refractivity contribution in [2.75, 3.05) is 0 Å². The number of amides is 2. The molecule has 4 heteroatoms. The van der Waals surface area contributed by atoms with Crippen molar-refractivity contribution in [1.82, 2.24) is 10.6 Å². The van der Waals surface area contributed by atoms with Crippen molar-refractivity contribution in [3.63, 3.8) is 0 Å². The summed E-state index contributed by atoms with van der Waals surface area (Å²) in [6.45, 7) is 3.80. The van der Waals surface area contributed by atoms with Gasteiger partial charge in [0, 0.05) is 0 Å². The van der Waals surface area contributed by atoms with E-state index in [1.54, 1.807) is 0 Å². The number of hydrogen-bond acceptors (Lipinski definition) is 2. The maximum Gasteiger partial charge on any atom is 0.229 e. The summed E-state index contributed by atoms with van der Waals surface area (Å²) in [5, 5.41) is 5.68. The van der Waals surface area contributed by atoms with Gasteiger partial charge in [-0.25, -0.2) is 0 Å². The molecule has 2 aromatic rings. The average molecular weight is 310 g/mol. The van der Waals surface area contributed by atoms with Gasteiger partial charge in [0.05, 0.1) is 12.1 Å². The van der Waals surface area contributed by atoms with Gasteiger partial charge in [0.25, 0.3) is 0 Å². The van der Waals surface area contributed by atoms with Crippen molar-refractivity contribution in [2.45, 2.75) is 32.4 Å². The van der Waals surface area contributed by atoms with Crippen LogP contribution in [0.4, 0.5) is 0 Å². The van der Waals surface area contributed by atoms with Gasteiger partial charge in [-0.3, -0.25) is 9.59 Å². The van der Waals surface area contributed by atoms with Crippen molar-refractivity contribution in [1.29, 1.82) is 0 Å². The fraction of sp³-hybridized carbons (Fsp3) is 0.263. The van der Waals surface area contributed by atoms with Crippen LogP contribution < -0.4 is 10.6 Å². The summed E-state index contributed by atoms with van der Waals surface area (Å²) in [6, 6.07) is 19.1. The molecular weight excluding hydrogens is 288 g/mol. The van der Waals surface area contributed by atoms with Crippen LogP contribution in [0, 0.1) is 0 Å². The van der Waals surface area contributed by atoms with E-state index < -0.39 is 0 Å². The van der Waals surface area contributed by atoms with Gasteiger partial charge >= 0.3 is 0 Å². The first-order chi connectivity index (χ1) is 11.1. The predicted molar refractivity (Wildman–Crippen MR) is 90.6 cm³/mol. The highest BCUT2D eigenvalue weighted by Crippen LogP contribution is 2.12. The van der Waals surface area contributed by atoms with E-state index in [9.17, 15) is 9.59 Å². The molecule has 2 aromatic carbocycles. The van der Waals surface area contributed by atoms with Crippen LogP contribution in [0.15, 0.2) is 60.7 Å². The Morgan fingerprint density at radius 1 is 0.739 bits per heavy atom. The minimum absolute atomic E-state index is 0.122. The van der Waals surface area contributed by atoms with Crippen molar-refractivity contribution in [3.05, 3.63) is 71.8 Å². The van der Waals surface area contributed by atoms with Crippen LogP contribution in [-0.4, -0.2) is 11.8 Å². The Balaban J connectivity index is 1.82. The van der Waals surface area contributed by atoms with Gasteiger partial charge in [0.1, 0.15) is 6.42 Å². The zero-order valence-electron chi connectivity index (χ0n) is 13.5. The van der Waals surface area contributed by atoms with E-state index in [-0.39, 0.29) is 30.3 Å². The van der Waals surface area contributed by atoms with Crippen molar-refractivity contribution in [2.24, 2.45) is 0 Å². The SMILES string of the molecule is CC(NC(=O)CC(=O)NC(C)c1ccccc1)c1ccccc1. The van der Waals surface area contributed by atoms with E-state index in [1.165, 1.54) is 0 Å². The predicted octanol–water partition coefficient (Wildman–Crippen LogP) is 3.13. The van der Waals surface area contributed by atoms with Crippen LogP contribution in [0.1, 0.15) is 43.5 Å². The third-order valence-electron chi connectivity index (χ3n) is 3.68. The molecule has 23 heavy (non-hydrogen) atoms. The van der Waals surface area contributed by atoms with E-state index in [2.05, 4.69) is 10.6 Å². The van der Waals surface area contributed by atoms with Crippen LogP contribution in [0.2, 0.25) is 0 Å². The third kappa shape index (κ3) is 5.25. The lowest BCUT2D eigenvalue weighted by Gasteiger charge is -2.16. The number of nitrogens with one attached hydrogen (secondary N) is 2. The maximum absolute atomic E-state index is 12.0. The van der Waals surface area contributed by atoms with E-state index in [0.29, 0.717) is 0 Å². The van der Waals surface area contributed by atoms with Gasteiger partial charge < -0.3 is 10.6 Å². The first kappa shape index (κ1) is 16.7. The van der Waals surface area contributed by atoms with Gasteiger partial charge in [-0.2, -0.15) is 0 Å². The first-order valence-electron chi connectivity index (χ1n) is 7.75. The molecule has 2 N–H and O–H groups in total. The van der Waals surface area contributed by atoms with Gasteiger partial charge in [-0.15, -0.1) is 0 Å². The van der Waals surface area contributed by atoms with Gasteiger partial charge in [0.15, 0.2) is 0 Å². The van der Waals surface area contributed by atoms with Crippen LogP contribution in [0.25, 0.3) is 0 Å². The molecule has 0 spiro atoms. The van der Waals surface area contributed by atoms with Crippen LogP contribution in [0.3, 0.4) is 0 Å². The van der Waals surface area contributed by atoms with Crippen molar-refractivity contribution in [3.8, 4) is 0 Å². The Labute approximate surface area is 136 Å². The Kier molecular flexibility index (Phi) is 5.92. The molecule has 2 unspecified atom stereocenters.